The zero-order valence-corrected chi connectivity index (χ0v) is 12.7. The molecule has 1 amide bonds. The highest BCUT2D eigenvalue weighted by Gasteiger charge is 2.07. The molecule has 0 aliphatic carbocycles. The lowest BCUT2D eigenvalue weighted by molar-refractivity contribution is -0.120. The Labute approximate surface area is 130 Å². The Morgan fingerprint density at radius 3 is 2.77 bits per heavy atom. The van der Waals surface area contributed by atoms with Crippen LogP contribution >= 0.6 is 0 Å². The average Bonchev–Trinajstić information content (AvgIpc) is 2.52. The second-order valence-corrected chi connectivity index (χ2v) is 5.11. The van der Waals surface area contributed by atoms with Gasteiger partial charge in [0.05, 0.1) is 13.5 Å². The first-order valence-corrected chi connectivity index (χ1v) is 7.35. The smallest absolute Gasteiger partial charge is 0.224 e. The molecule has 0 aromatic heterocycles. The second kappa shape index (κ2) is 8.08. The number of amides is 1. The minimum atomic E-state index is -0.0135. The van der Waals surface area contributed by atoms with Crippen molar-refractivity contribution in [3.05, 3.63) is 59.7 Å². The van der Waals surface area contributed by atoms with Crippen LogP contribution in [0.5, 0.6) is 11.5 Å². The molecular formula is C18H21NO3. The summed E-state index contributed by atoms with van der Waals surface area (Å²) in [6.07, 6.45) is 1.97. The van der Waals surface area contributed by atoms with Crippen LogP contribution in [0.4, 0.5) is 0 Å². The number of aryl methyl sites for hydroxylation is 1. The largest absolute Gasteiger partial charge is 0.508 e. The topological polar surface area (TPSA) is 58.6 Å². The maximum Gasteiger partial charge on any atom is 0.224 e. The van der Waals surface area contributed by atoms with Gasteiger partial charge < -0.3 is 15.2 Å². The van der Waals surface area contributed by atoms with Gasteiger partial charge in [-0.05, 0) is 36.6 Å². The lowest BCUT2D eigenvalue weighted by Crippen LogP contribution is -2.26. The predicted molar refractivity (Wildman–Crippen MR) is 86.1 cm³/mol. The summed E-state index contributed by atoms with van der Waals surface area (Å²) in [6.45, 7) is 0.615. The van der Waals surface area contributed by atoms with Crippen LogP contribution in [0.1, 0.15) is 17.5 Å². The molecule has 116 valence electrons. The van der Waals surface area contributed by atoms with Gasteiger partial charge in [0.2, 0.25) is 5.91 Å². The number of ether oxygens (including phenoxy) is 1. The van der Waals surface area contributed by atoms with E-state index >= 15 is 0 Å². The van der Waals surface area contributed by atoms with Gasteiger partial charge in [0, 0.05) is 12.1 Å². The fraction of sp³-hybridized carbons (Fsp3) is 0.278. The fourth-order valence-electron chi connectivity index (χ4n) is 2.32. The van der Waals surface area contributed by atoms with Crippen LogP contribution in [0.2, 0.25) is 0 Å². The van der Waals surface area contributed by atoms with E-state index in [1.807, 2.05) is 36.4 Å². The monoisotopic (exact) mass is 299 g/mol. The molecule has 0 unspecified atom stereocenters. The normalized spacial score (nSPS) is 10.2. The maximum absolute atomic E-state index is 11.9. The summed E-state index contributed by atoms with van der Waals surface area (Å²) in [5, 5.41) is 12.3. The Morgan fingerprint density at radius 2 is 2.00 bits per heavy atom. The van der Waals surface area contributed by atoms with Crippen LogP contribution in [0.25, 0.3) is 0 Å². The molecule has 0 fully saturated rings. The molecule has 4 heteroatoms. The molecule has 22 heavy (non-hydrogen) atoms. The first-order valence-electron chi connectivity index (χ1n) is 7.35. The second-order valence-electron chi connectivity index (χ2n) is 5.11. The van der Waals surface area contributed by atoms with Crippen molar-refractivity contribution in [2.75, 3.05) is 13.7 Å². The predicted octanol–water partition coefficient (Wildman–Crippen LogP) is 2.69. The van der Waals surface area contributed by atoms with Gasteiger partial charge in [-0.25, -0.2) is 0 Å². The van der Waals surface area contributed by atoms with E-state index < -0.39 is 0 Å². The third kappa shape index (κ3) is 4.81. The average molecular weight is 299 g/mol. The molecule has 0 bridgehead atoms. The van der Waals surface area contributed by atoms with Gasteiger partial charge in [-0.15, -0.1) is 0 Å². The van der Waals surface area contributed by atoms with Gasteiger partial charge in [-0.1, -0.05) is 30.3 Å². The molecule has 0 aliphatic heterocycles. The lowest BCUT2D eigenvalue weighted by atomic mass is 10.1. The zero-order valence-electron chi connectivity index (χ0n) is 12.7. The summed E-state index contributed by atoms with van der Waals surface area (Å²) < 4.78 is 5.24. The van der Waals surface area contributed by atoms with E-state index in [4.69, 9.17) is 4.74 Å². The Bertz CT molecular complexity index is 625. The fourth-order valence-corrected chi connectivity index (χ4v) is 2.32. The summed E-state index contributed by atoms with van der Waals surface area (Å²) in [5.41, 5.74) is 1.95. The van der Waals surface area contributed by atoms with Crippen LogP contribution in [-0.4, -0.2) is 24.7 Å². The van der Waals surface area contributed by atoms with Gasteiger partial charge in [0.25, 0.3) is 0 Å². The third-order valence-corrected chi connectivity index (χ3v) is 3.42. The highest BCUT2D eigenvalue weighted by Crippen LogP contribution is 2.17. The van der Waals surface area contributed by atoms with Gasteiger partial charge in [-0.3, -0.25) is 4.79 Å². The SMILES string of the molecule is COc1ccccc1CC(=O)NCCCc1cccc(O)c1. The summed E-state index contributed by atoms with van der Waals surface area (Å²) in [5.74, 6) is 0.996. The molecule has 0 spiro atoms. The first-order chi connectivity index (χ1) is 10.7. The Morgan fingerprint density at radius 1 is 1.18 bits per heavy atom. The van der Waals surface area contributed by atoms with Gasteiger partial charge in [0.1, 0.15) is 11.5 Å². The van der Waals surface area contributed by atoms with Gasteiger partial charge >= 0.3 is 0 Å². The standard InChI is InChI=1S/C18H21NO3/c1-22-17-10-3-2-8-15(17)13-18(21)19-11-5-7-14-6-4-9-16(20)12-14/h2-4,6,8-10,12,20H,5,7,11,13H2,1H3,(H,19,21). The van der Waals surface area contributed by atoms with E-state index in [0.29, 0.717) is 13.0 Å². The number of benzene rings is 2. The molecule has 0 heterocycles. The Hall–Kier alpha value is -2.49. The Balaban J connectivity index is 1.74. The number of phenols is 1. The number of carbonyl (C=O) groups is 1. The number of para-hydroxylation sites is 1. The molecular weight excluding hydrogens is 278 g/mol. The molecule has 0 saturated heterocycles. The number of aromatic hydroxyl groups is 1. The molecule has 0 radical (unpaired) electrons. The number of carbonyl (C=O) groups excluding carboxylic acids is 1. The maximum atomic E-state index is 11.9. The summed E-state index contributed by atoms with van der Waals surface area (Å²) in [7, 11) is 1.60. The molecule has 0 saturated carbocycles. The van der Waals surface area contributed by atoms with Crippen molar-refractivity contribution in [2.24, 2.45) is 0 Å². The van der Waals surface area contributed by atoms with E-state index in [-0.39, 0.29) is 11.7 Å². The Kier molecular flexibility index (Phi) is 5.83. The van der Waals surface area contributed by atoms with Crippen molar-refractivity contribution in [2.45, 2.75) is 19.3 Å². The summed E-state index contributed by atoms with van der Waals surface area (Å²) in [6, 6.07) is 14.7. The van der Waals surface area contributed by atoms with Gasteiger partial charge in [-0.2, -0.15) is 0 Å². The van der Waals surface area contributed by atoms with E-state index in [0.717, 1.165) is 29.7 Å². The van der Waals surface area contributed by atoms with E-state index in [1.165, 1.54) is 0 Å². The highest BCUT2D eigenvalue weighted by atomic mass is 16.5. The number of phenolic OH excluding ortho intramolecular Hbond substituents is 1. The van der Waals surface area contributed by atoms with Crippen LogP contribution < -0.4 is 10.1 Å². The highest BCUT2D eigenvalue weighted by molar-refractivity contribution is 5.79. The van der Waals surface area contributed by atoms with Crippen LogP contribution in [0.3, 0.4) is 0 Å². The zero-order chi connectivity index (χ0) is 15.8. The van der Waals surface area contributed by atoms with Crippen molar-refractivity contribution in [1.29, 1.82) is 0 Å². The summed E-state index contributed by atoms with van der Waals surface area (Å²) >= 11 is 0. The van der Waals surface area contributed by atoms with Crippen molar-refractivity contribution in [3.8, 4) is 11.5 Å². The van der Waals surface area contributed by atoms with Crippen LogP contribution in [0, 0.1) is 0 Å². The van der Waals surface area contributed by atoms with E-state index in [2.05, 4.69) is 5.32 Å². The van der Waals surface area contributed by atoms with Crippen LogP contribution in [-0.2, 0) is 17.6 Å². The van der Waals surface area contributed by atoms with E-state index in [9.17, 15) is 9.90 Å². The van der Waals surface area contributed by atoms with Crippen molar-refractivity contribution < 1.29 is 14.6 Å². The van der Waals surface area contributed by atoms with Crippen molar-refractivity contribution >= 4 is 5.91 Å². The third-order valence-electron chi connectivity index (χ3n) is 3.42. The number of nitrogens with one attached hydrogen (secondary N) is 1. The molecule has 0 atom stereocenters. The quantitative estimate of drug-likeness (QED) is 0.773. The van der Waals surface area contributed by atoms with Crippen molar-refractivity contribution in [3.63, 3.8) is 0 Å². The van der Waals surface area contributed by atoms with E-state index in [1.54, 1.807) is 19.2 Å². The lowest BCUT2D eigenvalue weighted by Gasteiger charge is -2.09. The summed E-state index contributed by atoms with van der Waals surface area (Å²) in [4.78, 5) is 11.9. The first kappa shape index (κ1) is 15.9. The molecule has 2 N–H and O–H groups in total. The van der Waals surface area contributed by atoms with Crippen molar-refractivity contribution in [1.82, 2.24) is 5.32 Å². The van der Waals surface area contributed by atoms with Crippen LogP contribution in [0.15, 0.2) is 48.5 Å². The number of hydrogen-bond acceptors (Lipinski definition) is 3. The molecule has 0 aliphatic rings. The number of hydrogen-bond donors (Lipinski definition) is 2. The molecule has 4 nitrogen and oxygen atoms in total. The molecule has 2 aromatic carbocycles. The number of methoxy groups -OCH3 is 1. The molecule has 2 aromatic rings. The number of rotatable bonds is 7. The minimum absolute atomic E-state index is 0.0135. The minimum Gasteiger partial charge on any atom is -0.508 e. The van der Waals surface area contributed by atoms with Gasteiger partial charge in [0.15, 0.2) is 0 Å². The molecule has 2 rings (SSSR count).